The minimum atomic E-state index is -0.810. The Morgan fingerprint density at radius 2 is 2.21 bits per heavy atom. The molecule has 0 bridgehead atoms. The molecule has 0 spiro atoms. The summed E-state index contributed by atoms with van der Waals surface area (Å²) < 4.78 is 5.33. The summed E-state index contributed by atoms with van der Waals surface area (Å²) in [5.41, 5.74) is 18.0. The number of amidine groups is 1. The molecule has 3 aliphatic heterocycles. The molecule has 6 N–H and O–H groups in total. The number of nitrogens with one attached hydrogen (secondary N) is 2. The normalized spacial score (nSPS) is 30.7. The maximum absolute atomic E-state index is 6.40. The molecule has 8 nitrogen and oxygen atoms in total. The number of aliphatic imine (C=N–C) groups is 2. The van der Waals surface area contributed by atoms with Crippen LogP contribution in [0.15, 0.2) is 21.8 Å². The molecule has 19 heavy (non-hydrogen) atoms. The molecular weight excluding hydrogens is 246 g/mol. The van der Waals surface area contributed by atoms with Gasteiger partial charge in [0.2, 0.25) is 5.96 Å². The molecule has 3 heterocycles. The first-order chi connectivity index (χ1) is 9.17. The van der Waals surface area contributed by atoms with Crippen molar-refractivity contribution < 1.29 is 4.74 Å². The number of rotatable bonds is 3. The molecule has 8 heteroatoms. The molecule has 1 fully saturated rings. The zero-order valence-electron chi connectivity index (χ0n) is 10.7. The van der Waals surface area contributed by atoms with Gasteiger partial charge in [0.25, 0.3) is 0 Å². The number of ether oxygens (including phenoxy) is 1. The van der Waals surface area contributed by atoms with E-state index in [1.807, 2.05) is 0 Å². The predicted molar refractivity (Wildman–Crippen MR) is 72.2 cm³/mol. The van der Waals surface area contributed by atoms with Crippen LogP contribution in [0.5, 0.6) is 0 Å². The molecule has 1 unspecified atom stereocenters. The van der Waals surface area contributed by atoms with Crippen molar-refractivity contribution in [2.24, 2.45) is 21.5 Å². The second-order valence-corrected chi connectivity index (χ2v) is 4.89. The summed E-state index contributed by atoms with van der Waals surface area (Å²) in [7, 11) is 0. The van der Waals surface area contributed by atoms with Crippen molar-refractivity contribution in [3.05, 3.63) is 11.8 Å². The summed E-state index contributed by atoms with van der Waals surface area (Å²) in [6, 6.07) is 0. The predicted octanol–water partition coefficient (Wildman–Crippen LogP) is -1.92. The van der Waals surface area contributed by atoms with Gasteiger partial charge < -0.3 is 21.6 Å². The van der Waals surface area contributed by atoms with Crippen LogP contribution in [0.3, 0.4) is 0 Å². The first kappa shape index (κ1) is 12.4. The molecular formula is C11H19N7O. The number of fused-ring (bicyclic) bond motifs is 1. The van der Waals surface area contributed by atoms with E-state index in [1.54, 1.807) is 6.20 Å². The fraction of sp³-hybridized carbons (Fsp3) is 0.636. The molecule has 0 aromatic carbocycles. The van der Waals surface area contributed by atoms with Crippen molar-refractivity contribution in [2.45, 2.75) is 12.1 Å². The van der Waals surface area contributed by atoms with Crippen LogP contribution < -0.4 is 22.3 Å². The maximum Gasteiger partial charge on any atom is 0.219 e. The number of nitrogens with zero attached hydrogens (tertiary/aromatic N) is 3. The van der Waals surface area contributed by atoms with Gasteiger partial charge in [-0.2, -0.15) is 4.99 Å². The lowest BCUT2D eigenvalue weighted by Crippen LogP contribution is -2.50. The summed E-state index contributed by atoms with van der Waals surface area (Å²) in [6.45, 7) is 4.29. The van der Waals surface area contributed by atoms with Crippen molar-refractivity contribution in [1.82, 2.24) is 15.8 Å². The lowest BCUT2D eigenvalue weighted by atomic mass is 9.96. The van der Waals surface area contributed by atoms with Crippen LogP contribution in [0.25, 0.3) is 0 Å². The summed E-state index contributed by atoms with van der Waals surface area (Å²) in [6.07, 6.45) is 2.50. The fourth-order valence-electron chi connectivity index (χ4n) is 2.48. The van der Waals surface area contributed by atoms with Crippen LogP contribution >= 0.6 is 0 Å². The molecule has 0 aromatic rings. The summed E-state index contributed by atoms with van der Waals surface area (Å²) in [4.78, 5) is 10.8. The van der Waals surface area contributed by atoms with Gasteiger partial charge in [0, 0.05) is 32.3 Å². The van der Waals surface area contributed by atoms with Gasteiger partial charge in [-0.15, -0.1) is 0 Å². The highest BCUT2D eigenvalue weighted by molar-refractivity contribution is 6.09. The number of hydrogen-bond donors (Lipinski definition) is 4. The minimum absolute atomic E-state index is 0.216. The number of morpholine rings is 1. The van der Waals surface area contributed by atoms with E-state index >= 15 is 0 Å². The van der Waals surface area contributed by atoms with Gasteiger partial charge in [-0.3, -0.25) is 10.3 Å². The van der Waals surface area contributed by atoms with E-state index in [2.05, 4.69) is 25.7 Å². The van der Waals surface area contributed by atoms with E-state index in [-0.39, 0.29) is 5.96 Å². The number of hydrogen-bond acceptors (Lipinski definition) is 8. The van der Waals surface area contributed by atoms with Crippen LogP contribution in [0.2, 0.25) is 0 Å². The van der Waals surface area contributed by atoms with Crippen molar-refractivity contribution >= 4 is 11.8 Å². The van der Waals surface area contributed by atoms with Crippen molar-refractivity contribution in [2.75, 3.05) is 32.8 Å². The van der Waals surface area contributed by atoms with Crippen LogP contribution in [-0.4, -0.2) is 55.2 Å². The van der Waals surface area contributed by atoms with Crippen LogP contribution in [-0.2, 0) is 4.74 Å². The van der Waals surface area contributed by atoms with E-state index in [1.165, 1.54) is 0 Å². The summed E-state index contributed by atoms with van der Waals surface area (Å²) in [5, 5.41) is 0. The topological polar surface area (TPSA) is 113 Å². The first-order valence-electron chi connectivity index (χ1n) is 6.43. The zero-order valence-corrected chi connectivity index (χ0v) is 10.7. The zero-order chi connectivity index (χ0) is 13.3. The number of hydrazine groups is 1. The number of guanidine groups is 1. The lowest BCUT2D eigenvalue weighted by Gasteiger charge is -2.33. The van der Waals surface area contributed by atoms with Crippen molar-refractivity contribution in [1.29, 1.82) is 0 Å². The highest BCUT2D eigenvalue weighted by Gasteiger charge is 2.38. The second kappa shape index (κ2) is 4.80. The van der Waals surface area contributed by atoms with Gasteiger partial charge in [-0.05, 0) is 0 Å². The molecule has 0 amide bonds. The van der Waals surface area contributed by atoms with Gasteiger partial charge in [-0.1, -0.05) is 0 Å². The minimum Gasteiger partial charge on any atom is -0.379 e. The van der Waals surface area contributed by atoms with E-state index < -0.39 is 5.66 Å². The molecule has 104 valence electrons. The Hall–Kier alpha value is -1.64. The van der Waals surface area contributed by atoms with Crippen LogP contribution in [0, 0.1) is 0 Å². The molecule has 0 aliphatic carbocycles. The van der Waals surface area contributed by atoms with E-state index in [9.17, 15) is 0 Å². The van der Waals surface area contributed by atoms with E-state index in [0.29, 0.717) is 12.3 Å². The van der Waals surface area contributed by atoms with E-state index in [0.717, 1.165) is 38.4 Å². The maximum atomic E-state index is 6.40. The molecule has 3 aliphatic rings. The van der Waals surface area contributed by atoms with Crippen molar-refractivity contribution in [3.8, 4) is 0 Å². The highest BCUT2D eigenvalue weighted by atomic mass is 16.5. The molecule has 3 rings (SSSR count). The molecule has 0 aromatic heterocycles. The smallest absolute Gasteiger partial charge is 0.219 e. The Labute approximate surface area is 111 Å². The Kier molecular flexibility index (Phi) is 3.13. The standard InChI is InChI=1S/C11H19N7O/c12-10-15-9-8(7-14-17-9)11(13,16-10)1-2-18-3-5-19-6-4-18/h7H,1-6,13H2,(H4,12,14,15,16,17). The summed E-state index contributed by atoms with van der Waals surface area (Å²) >= 11 is 0. The molecule has 0 radical (unpaired) electrons. The van der Waals surface area contributed by atoms with Gasteiger partial charge in [-0.25, -0.2) is 4.99 Å². The Balaban J connectivity index is 1.69. The number of nitrogens with two attached hydrogens (primary N) is 2. The third-order valence-electron chi connectivity index (χ3n) is 3.58. The first-order valence-corrected chi connectivity index (χ1v) is 6.43. The van der Waals surface area contributed by atoms with Crippen molar-refractivity contribution in [3.63, 3.8) is 0 Å². The van der Waals surface area contributed by atoms with Gasteiger partial charge >= 0.3 is 0 Å². The molecule has 1 atom stereocenters. The van der Waals surface area contributed by atoms with Gasteiger partial charge in [0.1, 0.15) is 5.66 Å². The Bertz CT molecular complexity index is 452. The Morgan fingerprint density at radius 1 is 1.42 bits per heavy atom. The van der Waals surface area contributed by atoms with Crippen LogP contribution in [0.1, 0.15) is 6.42 Å². The monoisotopic (exact) mass is 265 g/mol. The molecule has 0 saturated carbocycles. The average molecular weight is 265 g/mol. The summed E-state index contributed by atoms with van der Waals surface area (Å²) in [5.74, 6) is 0.879. The third-order valence-corrected chi connectivity index (χ3v) is 3.58. The Morgan fingerprint density at radius 3 is 3.00 bits per heavy atom. The average Bonchev–Trinajstić information content (AvgIpc) is 2.87. The molecule has 1 saturated heterocycles. The fourth-order valence-corrected chi connectivity index (χ4v) is 2.48. The highest BCUT2D eigenvalue weighted by Crippen LogP contribution is 2.25. The van der Waals surface area contributed by atoms with E-state index in [4.69, 9.17) is 16.2 Å². The van der Waals surface area contributed by atoms with Crippen LogP contribution in [0.4, 0.5) is 0 Å². The lowest BCUT2D eigenvalue weighted by molar-refractivity contribution is 0.0355. The SMILES string of the molecule is NC1=NC(N)(CCN2CCOCC2)C2=CNNC2=N1. The van der Waals surface area contributed by atoms with Gasteiger partial charge in [0.15, 0.2) is 5.84 Å². The van der Waals surface area contributed by atoms with Gasteiger partial charge in [0.05, 0.1) is 18.8 Å². The third kappa shape index (κ3) is 2.42. The largest absolute Gasteiger partial charge is 0.379 e. The second-order valence-electron chi connectivity index (χ2n) is 4.89. The quantitative estimate of drug-likeness (QED) is 0.473.